The molecule has 2 aromatic heterocycles. The van der Waals surface area contributed by atoms with Crippen LogP contribution >= 0.6 is 0 Å². The molecule has 0 unspecified atom stereocenters. The monoisotopic (exact) mass is 322 g/mol. The van der Waals surface area contributed by atoms with Gasteiger partial charge in [0.2, 0.25) is 0 Å². The third-order valence-electron chi connectivity index (χ3n) is 3.34. The van der Waals surface area contributed by atoms with Crippen LogP contribution < -0.4 is 10.9 Å². The Morgan fingerprint density at radius 3 is 2.65 bits per heavy atom. The molecule has 0 spiro atoms. The molecular weight excluding hydrogens is 309 g/mol. The number of nitrogens with one attached hydrogen (secondary N) is 1. The van der Waals surface area contributed by atoms with Gasteiger partial charge in [-0.1, -0.05) is 17.3 Å². The maximum Gasteiger partial charge on any atom is 0.418 e. The minimum Gasteiger partial charge on any atom is -0.332 e. The molecule has 120 valence electrons. The smallest absolute Gasteiger partial charge is 0.332 e. The van der Waals surface area contributed by atoms with Crippen molar-refractivity contribution in [3.8, 4) is 5.69 Å². The summed E-state index contributed by atoms with van der Waals surface area (Å²) in [5.41, 5.74) is 2.71. The quantitative estimate of drug-likeness (QED) is 0.732. The van der Waals surface area contributed by atoms with Crippen LogP contribution in [0.1, 0.15) is 5.56 Å². The number of pyridine rings is 1. The Labute approximate surface area is 128 Å². The number of halogens is 3. The highest BCUT2D eigenvalue weighted by atomic mass is 19.4. The lowest BCUT2D eigenvalue weighted by molar-refractivity contribution is -0.137. The van der Waals surface area contributed by atoms with Gasteiger partial charge in [-0.3, -0.25) is 0 Å². The van der Waals surface area contributed by atoms with Gasteiger partial charge in [-0.2, -0.15) is 18.3 Å². The Kier molecular flexibility index (Phi) is 3.55. The van der Waals surface area contributed by atoms with Crippen LogP contribution in [0.5, 0.6) is 0 Å². The molecule has 9 heteroatoms. The molecule has 0 fully saturated rings. The lowest BCUT2D eigenvalue weighted by atomic mass is 10.2. The van der Waals surface area contributed by atoms with Gasteiger partial charge in [-0.15, -0.1) is 5.10 Å². The van der Waals surface area contributed by atoms with Crippen LogP contribution in [0.25, 0.3) is 16.7 Å². The number of nitrogens with zero attached hydrogens (tertiary/aromatic N) is 5. The minimum absolute atomic E-state index is 0.108. The van der Waals surface area contributed by atoms with Crippen molar-refractivity contribution in [2.45, 2.75) is 6.18 Å². The predicted octanol–water partition coefficient (Wildman–Crippen LogP) is 1.81. The molecule has 1 N–H and O–H groups in total. The second kappa shape index (κ2) is 5.41. The SMILES string of the molecule is CN/N=c1/cc(C(F)(F)F)c(-n2nnc3ccccc32)cn1C. The maximum absolute atomic E-state index is 13.5. The van der Waals surface area contributed by atoms with E-state index < -0.39 is 11.7 Å². The van der Waals surface area contributed by atoms with Crippen LogP contribution in [0.4, 0.5) is 13.2 Å². The van der Waals surface area contributed by atoms with Crippen molar-refractivity contribution in [2.24, 2.45) is 12.1 Å². The highest BCUT2D eigenvalue weighted by Gasteiger charge is 2.35. The van der Waals surface area contributed by atoms with E-state index in [0.29, 0.717) is 11.0 Å². The summed E-state index contributed by atoms with van der Waals surface area (Å²) in [4.78, 5) is 0. The largest absolute Gasteiger partial charge is 0.418 e. The maximum atomic E-state index is 13.5. The summed E-state index contributed by atoms with van der Waals surface area (Å²) < 4.78 is 43.0. The Morgan fingerprint density at radius 1 is 1.22 bits per heavy atom. The molecule has 3 aromatic rings. The zero-order chi connectivity index (χ0) is 16.6. The Hall–Kier alpha value is -2.84. The fraction of sp³-hybridized carbons (Fsp3) is 0.214. The zero-order valence-electron chi connectivity index (χ0n) is 12.3. The number of aryl methyl sites for hydroxylation is 1. The molecule has 0 atom stereocenters. The van der Waals surface area contributed by atoms with Crippen molar-refractivity contribution < 1.29 is 13.2 Å². The molecule has 6 nitrogen and oxygen atoms in total. The molecule has 0 radical (unpaired) electrons. The molecule has 0 aliphatic heterocycles. The summed E-state index contributed by atoms with van der Waals surface area (Å²) in [5, 5.41) is 11.6. The van der Waals surface area contributed by atoms with Crippen molar-refractivity contribution in [2.75, 3.05) is 7.05 Å². The summed E-state index contributed by atoms with van der Waals surface area (Å²) in [6, 6.07) is 7.81. The number of aromatic nitrogens is 4. The van der Waals surface area contributed by atoms with Gasteiger partial charge in [0.15, 0.2) is 5.49 Å². The van der Waals surface area contributed by atoms with Crippen LogP contribution in [0, 0.1) is 0 Å². The average molecular weight is 322 g/mol. The fourth-order valence-electron chi connectivity index (χ4n) is 2.29. The first-order valence-corrected chi connectivity index (χ1v) is 6.71. The van der Waals surface area contributed by atoms with E-state index in [1.165, 1.54) is 22.5 Å². The van der Waals surface area contributed by atoms with E-state index in [0.717, 1.165) is 6.07 Å². The predicted molar refractivity (Wildman–Crippen MR) is 77.5 cm³/mol. The summed E-state index contributed by atoms with van der Waals surface area (Å²) in [7, 11) is 3.13. The highest BCUT2D eigenvalue weighted by molar-refractivity contribution is 5.76. The number of para-hydroxylation sites is 1. The van der Waals surface area contributed by atoms with E-state index in [1.54, 1.807) is 31.3 Å². The standard InChI is InChI=1S/C14H13F3N6/c1-18-20-13-7-9(14(15,16)17)12(8-22(13)2)23-11-6-4-3-5-10(11)19-21-23/h3-8,18H,1-2H3/b20-13-. The Morgan fingerprint density at radius 2 is 1.96 bits per heavy atom. The van der Waals surface area contributed by atoms with Crippen molar-refractivity contribution in [3.05, 3.63) is 47.6 Å². The lowest BCUT2D eigenvalue weighted by Gasteiger charge is -2.15. The first kappa shape index (κ1) is 15.1. The Balaban J connectivity index is 2.34. The van der Waals surface area contributed by atoms with Crippen molar-refractivity contribution in [1.29, 1.82) is 0 Å². The normalized spacial score (nSPS) is 12.8. The van der Waals surface area contributed by atoms with Crippen molar-refractivity contribution in [3.63, 3.8) is 0 Å². The van der Waals surface area contributed by atoms with Gasteiger partial charge in [-0.25, -0.2) is 4.68 Å². The molecule has 0 saturated carbocycles. The van der Waals surface area contributed by atoms with Crippen molar-refractivity contribution in [1.82, 2.24) is 25.0 Å². The van der Waals surface area contributed by atoms with E-state index in [9.17, 15) is 13.2 Å². The van der Waals surface area contributed by atoms with Gasteiger partial charge in [0.05, 0.1) is 16.8 Å². The number of fused-ring (bicyclic) bond motifs is 1. The van der Waals surface area contributed by atoms with Gasteiger partial charge < -0.3 is 9.99 Å². The molecule has 3 rings (SSSR count). The fourth-order valence-corrected chi connectivity index (χ4v) is 2.29. The van der Waals surface area contributed by atoms with Gasteiger partial charge in [0, 0.05) is 20.3 Å². The van der Waals surface area contributed by atoms with Crippen LogP contribution in [0.3, 0.4) is 0 Å². The minimum atomic E-state index is -4.55. The number of benzene rings is 1. The van der Waals surface area contributed by atoms with E-state index in [4.69, 9.17) is 0 Å². The highest BCUT2D eigenvalue weighted by Crippen LogP contribution is 2.33. The second-order valence-corrected chi connectivity index (χ2v) is 4.86. The summed E-state index contributed by atoms with van der Waals surface area (Å²) in [5.74, 6) is 0. The molecular formula is C14H13F3N6. The number of rotatable bonds is 2. The lowest BCUT2D eigenvalue weighted by Crippen LogP contribution is -2.25. The van der Waals surface area contributed by atoms with E-state index in [-0.39, 0.29) is 11.2 Å². The molecule has 0 amide bonds. The number of hydrogen-bond donors (Lipinski definition) is 1. The molecule has 0 aliphatic carbocycles. The van der Waals surface area contributed by atoms with Crippen molar-refractivity contribution >= 4 is 11.0 Å². The molecule has 0 bridgehead atoms. The van der Waals surface area contributed by atoms with E-state index >= 15 is 0 Å². The van der Waals surface area contributed by atoms with E-state index in [2.05, 4.69) is 20.8 Å². The molecule has 1 aromatic carbocycles. The number of alkyl halides is 3. The second-order valence-electron chi connectivity index (χ2n) is 4.86. The molecule has 2 heterocycles. The first-order valence-electron chi connectivity index (χ1n) is 6.71. The average Bonchev–Trinajstić information content (AvgIpc) is 2.92. The Bertz CT molecular complexity index is 922. The first-order chi connectivity index (χ1) is 10.9. The molecule has 0 saturated heterocycles. The van der Waals surface area contributed by atoms with E-state index in [1.807, 2.05) is 0 Å². The van der Waals surface area contributed by atoms with Crippen LogP contribution in [0.15, 0.2) is 41.6 Å². The third-order valence-corrected chi connectivity index (χ3v) is 3.34. The van der Waals surface area contributed by atoms with Gasteiger partial charge in [0.1, 0.15) is 5.52 Å². The van der Waals surface area contributed by atoms with Gasteiger partial charge >= 0.3 is 6.18 Å². The number of hydrogen-bond acceptors (Lipinski definition) is 4. The summed E-state index contributed by atoms with van der Waals surface area (Å²) in [6.07, 6.45) is -3.21. The molecule has 0 aliphatic rings. The van der Waals surface area contributed by atoms with Crippen LogP contribution in [-0.4, -0.2) is 26.6 Å². The topological polar surface area (TPSA) is 60.0 Å². The van der Waals surface area contributed by atoms with Gasteiger partial charge in [-0.05, 0) is 18.2 Å². The third kappa shape index (κ3) is 2.65. The summed E-state index contributed by atoms with van der Waals surface area (Å²) in [6.45, 7) is 0. The molecule has 23 heavy (non-hydrogen) atoms. The van der Waals surface area contributed by atoms with Crippen LogP contribution in [0.2, 0.25) is 0 Å². The van der Waals surface area contributed by atoms with Crippen LogP contribution in [-0.2, 0) is 13.2 Å². The zero-order valence-corrected chi connectivity index (χ0v) is 12.3. The summed E-state index contributed by atoms with van der Waals surface area (Å²) >= 11 is 0. The van der Waals surface area contributed by atoms with Gasteiger partial charge in [0.25, 0.3) is 0 Å².